The van der Waals surface area contributed by atoms with Crippen molar-refractivity contribution in [1.29, 1.82) is 0 Å². The first-order chi connectivity index (χ1) is 9.16. The highest BCUT2D eigenvalue weighted by molar-refractivity contribution is 5.82. The van der Waals surface area contributed by atoms with Crippen LogP contribution in [0.1, 0.15) is 31.7 Å². The molecule has 2 heterocycles. The van der Waals surface area contributed by atoms with E-state index in [1.807, 2.05) is 6.07 Å². The summed E-state index contributed by atoms with van der Waals surface area (Å²) in [4.78, 5) is 14.5. The van der Waals surface area contributed by atoms with Crippen LogP contribution in [0.2, 0.25) is 0 Å². The number of nitrogens with zero attached hydrogens (tertiary/aromatic N) is 1. The van der Waals surface area contributed by atoms with E-state index in [2.05, 4.69) is 48.7 Å². The highest BCUT2D eigenvalue weighted by Gasteiger charge is 2.52. The van der Waals surface area contributed by atoms with Crippen molar-refractivity contribution in [3.8, 4) is 0 Å². The zero-order valence-electron chi connectivity index (χ0n) is 11.5. The number of carbonyl (C=O) groups is 1. The minimum atomic E-state index is -0.0718. The normalized spacial score (nSPS) is 34.2. The average Bonchev–Trinajstić information content (AvgIpc) is 2.73. The Morgan fingerprint density at radius 3 is 2.79 bits per heavy atom. The lowest BCUT2D eigenvalue weighted by atomic mass is 9.69. The smallest absolute Gasteiger partial charge is 0.223 e. The lowest BCUT2D eigenvalue weighted by molar-refractivity contribution is -0.130. The predicted octanol–water partition coefficient (Wildman–Crippen LogP) is 3.14. The highest BCUT2D eigenvalue weighted by atomic mass is 16.2. The van der Waals surface area contributed by atoms with Gasteiger partial charge in [0.15, 0.2) is 0 Å². The van der Waals surface area contributed by atoms with Crippen molar-refractivity contribution in [3.63, 3.8) is 0 Å². The molecule has 2 saturated heterocycles. The first-order valence-electron chi connectivity index (χ1n) is 7.14. The van der Waals surface area contributed by atoms with Crippen LogP contribution in [-0.2, 0) is 10.2 Å². The molecule has 1 aromatic rings. The van der Waals surface area contributed by atoms with Gasteiger partial charge in [-0.1, -0.05) is 43.3 Å². The molecule has 0 aromatic heterocycles. The second-order valence-electron chi connectivity index (χ2n) is 6.03. The van der Waals surface area contributed by atoms with E-state index in [9.17, 15) is 4.79 Å². The molecule has 0 radical (unpaired) electrons. The number of amides is 1. The minimum Gasteiger partial charge on any atom is -0.338 e. The Kier molecular flexibility index (Phi) is 2.96. The molecule has 1 amide bonds. The van der Waals surface area contributed by atoms with Crippen LogP contribution in [-0.4, -0.2) is 23.4 Å². The van der Waals surface area contributed by atoms with Gasteiger partial charge in [-0.3, -0.25) is 4.79 Å². The van der Waals surface area contributed by atoms with E-state index in [4.69, 9.17) is 0 Å². The van der Waals surface area contributed by atoms with Crippen LogP contribution in [0.5, 0.6) is 0 Å². The summed E-state index contributed by atoms with van der Waals surface area (Å²) in [7, 11) is 0. The molecule has 100 valence electrons. The van der Waals surface area contributed by atoms with E-state index in [1.165, 1.54) is 5.56 Å². The zero-order chi connectivity index (χ0) is 13.5. The minimum absolute atomic E-state index is 0.0718. The molecule has 0 N–H and O–H groups in total. The lowest BCUT2D eigenvalue weighted by Crippen LogP contribution is -2.49. The lowest BCUT2D eigenvalue weighted by Gasteiger charge is -2.43. The van der Waals surface area contributed by atoms with Crippen LogP contribution in [0.15, 0.2) is 43.0 Å². The summed E-state index contributed by atoms with van der Waals surface area (Å²) in [5, 5.41) is 0. The molecule has 3 atom stereocenters. The Balaban J connectivity index is 2.05. The summed E-state index contributed by atoms with van der Waals surface area (Å²) in [6.45, 7) is 7.15. The van der Waals surface area contributed by atoms with E-state index in [0.29, 0.717) is 18.2 Å². The van der Waals surface area contributed by atoms with Gasteiger partial charge in [0, 0.05) is 24.4 Å². The molecule has 2 aliphatic heterocycles. The van der Waals surface area contributed by atoms with Crippen LogP contribution in [0.3, 0.4) is 0 Å². The number of hydrogen-bond acceptors (Lipinski definition) is 1. The number of piperidine rings is 1. The fourth-order valence-electron chi connectivity index (χ4n) is 3.98. The second kappa shape index (κ2) is 4.52. The largest absolute Gasteiger partial charge is 0.338 e. The summed E-state index contributed by atoms with van der Waals surface area (Å²) in [5.41, 5.74) is 1.21. The average molecular weight is 255 g/mol. The second-order valence-corrected chi connectivity index (χ2v) is 6.03. The molecule has 3 rings (SSSR count). The summed E-state index contributed by atoms with van der Waals surface area (Å²) < 4.78 is 0. The topological polar surface area (TPSA) is 20.3 Å². The van der Waals surface area contributed by atoms with Gasteiger partial charge in [-0.2, -0.15) is 0 Å². The van der Waals surface area contributed by atoms with E-state index in [1.54, 1.807) is 0 Å². The Labute approximate surface area is 115 Å². The van der Waals surface area contributed by atoms with E-state index in [0.717, 1.165) is 19.4 Å². The van der Waals surface area contributed by atoms with Crippen molar-refractivity contribution in [1.82, 2.24) is 4.90 Å². The fourth-order valence-corrected chi connectivity index (χ4v) is 3.98. The van der Waals surface area contributed by atoms with Gasteiger partial charge in [-0.25, -0.2) is 0 Å². The van der Waals surface area contributed by atoms with Gasteiger partial charge in [0.05, 0.1) is 0 Å². The van der Waals surface area contributed by atoms with Crippen LogP contribution >= 0.6 is 0 Å². The van der Waals surface area contributed by atoms with Crippen molar-refractivity contribution in [3.05, 3.63) is 48.6 Å². The van der Waals surface area contributed by atoms with Gasteiger partial charge in [0.1, 0.15) is 0 Å². The van der Waals surface area contributed by atoms with Gasteiger partial charge in [-0.05, 0) is 24.3 Å². The number of hydrogen-bond donors (Lipinski definition) is 0. The molecule has 2 fully saturated rings. The molecule has 2 heteroatoms. The molecule has 0 bridgehead atoms. The molecule has 0 saturated carbocycles. The summed E-state index contributed by atoms with van der Waals surface area (Å²) in [5.74, 6) is 0.730. The number of carbonyl (C=O) groups excluding carboxylic acids is 1. The number of benzene rings is 1. The van der Waals surface area contributed by atoms with Crippen LogP contribution in [0, 0.1) is 5.92 Å². The third kappa shape index (κ3) is 1.81. The van der Waals surface area contributed by atoms with Crippen molar-refractivity contribution >= 4 is 5.91 Å². The van der Waals surface area contributed by atoms with Gasteiger partial charge in [0.2, 0.25) is 5.91 Å². The number of fused-ring (bicyclic) bond motifs is 1. The van der Waals surface area contributed by atoms with Crippen LogP contribution < -0.4 is 0 Å². The highest BCUT2D eigenvalue weighted by Crippen LogP contribution is 2.46. The van der Waals surface area contributed by atoms with Crippen molar-refractivity contribution < 1.29 is 4.79 Å². The summed E-state index contributed by atoms with van der Waals surface area (Å²) >= 11 is 0. The molecule has 19 heavy (non-hydrogen) atoms. The Morgan fingerprint density at radius 1 is 1.37 bits per heavy atom. The Hall–Kier alpha value is -1.57. The Morgan fingerprint density at radius 2 is 2.11 bits per heavy atom. The summed E-state index contributed by atoms with van der Waals surface area (Å²) in [6.07, 6.45) is 4.94. The Bertz CT molecular complexity index is 495. The number of rotatable bonds is 2. The zero-order valence-corrected chi connectivity index (χ0v) is 11.5. The predicted molar refractivity (Wildman–Crippen MR) is 76.8 cm³/mol. The van der Waals surface area contributed by atoms with Gasteiger partial charge in [-0.15, -0.1) is 6.58 Å². The first kappa shape index (κ1) is 12.5. The molecular weight excluding hydrogens is 234 g/mol. The monoisotopic (exact) mass is 255 g/mol. The van der Waals surface area contributed by atoms with E-state index in [-0.39, 0.29) is 11.5 Å². The standard InChI is InChI=1S/C17H21NO/c1-3-13-8-7-11-18-15(19)12-17(2,16(13)18)14-9-5-4-6-10-14/h3-6,9-10,13,16H,1,7-8,11-12H2,2H3/t13-,16-,17-/m0/s1. The van der Waals surface area contributed by atoms with E-state index >= 15 is 0 Å². The molecular formula is C17H21NO. The third-order valence-electron chi connectivity index (χ3n) is 4.91. The molecule has 0 aliphatic carbocycles. The molecule has 0 spiro atoms. The third-order valence-corrected chi connectivity index (χ3v) is 4.91. The summed E-state index contributed by atoms with van der Waals surface area (Å²) in [6, 6.07) is 10.8. The van der Waals surface area contributed by atoms with Crippen LogP contribution in [0.4, 0.5) is 0 Å². The fraction of sp³-hybridized carbons (Fsp3) is 0.471. The van der Waals surface area contributed by atoms with Gasteiger partial charge in [0.25, 0.3) is 0 Å². The first-order valence-corrected chi connectivity index (χ1v) is 7.14. The SMILES string of the molecule is C=C[C@H]1CCCN2C(=O)C[C@@](C)(c3ccccc3)[C@H]12. The van der Waals surface area contributed by atoms with Gasteiger partial charge >= 0.3 is 0 Å². The van der Waals surface area contributed by atoms with Gasteiger partial charge < -0.3 is 4.90 Å². The molecule has 2 nitrogen and oxygen atoms in total. The molecule has 1 aromatic carbocycles. The van der Waals surface area contributed by atoms with Crippen LogP contribution in [0.25, 0.3) is 0 Å². The molecule has 2 aliphatic rings. The quantitative estimate of drug-likeness (QED) is 0.743. The van der Waals surface area contributed by atoms with Crippen molar-refractivity contribution in [2.24, 2.45) is 5.92 Å². The maximum absolute atomic E-state index is 12.4. The molecule has 0 unspecified atom stereocenters. The van der Waals surface area contributed by atoms with Crippen molar-refractivity contribution in [2.45, 2.75) is 37.6 Å². The maximum atomic E-state index is 12.4. The van der Waals surface area contributed by atoms with Crippen molar-refractivity contribution in [2.75, 3.05) is 6.54 Å². The maximum Gasteiger partial charge on any atom is 0.223 e. The van der Waals surface area contributed by atoms with E-state index < -0.39 is 0 Å².